The molecule has 0 spiro atoms. The number of carbonyl (C=O) groups excluding carboxylic acids is 1. The first-order chi connectivity index (χ1) is 15.7. The van der Waals surface area contributed by atoms with Crippen molar-refractivity contribution in [3.63, 3.8) is 0 Å². The molecule has 0 bridgehead atoms. The van der Waals surface area contributed by atoms with Crippen LogP contribution >= 0.6 is 0 Å². The third-order valence-corrected chi connectivity index (χ3v) is 6.52. The Balaban J connectivity index is 2.14. The van der Waals surface area contributed by atoms with Gasteiger partial charge in [0.25, 0.3) is 0 Å². The molecular weight excluding hydrogens is 426 g/mol. The average Bonchev–Trinajstić information content (AvgIpc) is 3.15. The van der Waals surface area contributed by atoms with Gasteiger partial charge in [-0.05, 0) is 41.9 Å². The molecule has 8 nitrogen and oxygen atoms in total. The molecule has 0 aliphatic carbocycles. The van der Waals surface area contributed by atoms with Crippen LogP contribution in [0.5, 0.6) is 11.5 Å². The summed E-state index contributed by atoms with van der Waals surface area (Å²) in [5, 5.41) is 12.0. The number of ether oxygens (including phenoxy) is 4. The second-order valence-corrected chi connectivity index (χ2v) is 9.54. The summed E-state index contributed by atoms with van der Waals surface area (Å²) in [6, 6.07) is 4.89. The van der Waals surface area contributed by atoms with Crippen molar-refractivity contribution in [3.8, 4) is 11.5 Å². The molecule has 0 amide bonds. The highest BCUT2D eigenvalue weighted by atomic mass is 16.6. The Kier molecular flexibility index (Phi) is 10.4. The highest BCUT2D eigenvalue weighted by Crippen LogP contribution is 2.35. The molecule has 1 aliphatic heterocycles. The zero-order chi connectivity index (χ0) is 24.5. The molecule has 8 heteroatoms. The summed E-state index contributed by atoms with van der Waals surface area (Å²) in [5.41, 5.74) is 1.03. The fraction of sp³-hybridized carbons (Fsp3) is 0.720. The molecule has 1 fully saturated rings. The number of hydrogen-bond acceptors (Lipinski definition) is 7. The maximum absolute atomic E-state index is 12.2. The maximum atomic E-state index is 12.2. The zero-order valence-electron chi connectivity index (χ0n) is 20.7. The number of carbonyl (C=O) groups is 1. The Morgan fingerprint density at radius 3 is 2.42 bits per heavy atom. The number of benzene rings is 1. The number of cyclic esters (lactones) is 1. The van der Waals surface area contributed by atoms with Gasteiger partial charge in [-0.15, -0.1) is 0 Å². The van der Waals surface area contributed by atoms with E-state index >= 15 is 0 Å². The SMILES string of the molecule is COCCCOc1cc(C[C@@H](CC(C2C[C@@H](C(C)C)C(=O)O2)[N+](=O)[O-])C(C)C)ccc1OC. The van der Waals surface area contributed by atoms with Crippen LogP contribution in [0.25, 0.3) is 0 Å². The zero-order valence-corrected chi connectivity index (χ0v) is 20.7. The third-order valence-electron chi connectivity index (χ3n) is 6.52. The van der Waals surface area contributed by atoms with Crippen molar-refractivity contribution in [1.29, 1.82) is 0 Å². The minimum Gasteiger partial charge on any atom is -0.493 e. The lowest BCUT2D eigenvalue weighted by molar-refractivity contribution is -0.535. The molecule has 2 unspecified atom stereocenters. The van der Waals surface area contributed by atoms with Crippen LogP contribution in [0.3, 0.4) is 0 Å². The van der Waals surface area contributed by atoms with Gasteiger partial charge in [0, 0.05) is 37.9 Å². The average molecular weight is 466 g/mol. The van der Waals surface area contributed by atoms with Crippen molar-refractivity contribution >= 4 is 5.97 Å². The van der Waals surface area contributed by atoms with E-state index in [1.54, 1.807) is 14.2 Å². The number of nitro groups is 1. The predicted octanol–water partition coefficient (Wildman–Crippen LogP) is 4.55. The lowest BCUT2D eigenvalue weighted by Crippen LogP contribution is -2.37. The number of methoxy groups -OCH3 is 2. The Bertz CT molecular complexity index is 780. The van der Waals surface area contributed by atoms with Crippen molar-refractivity contribution in [2.75, 3.05) is 27.4 Å². The largest absolute Gasteiger partial charge is 0.493 e. The third kappa shape index (κ3) is 7.59. The number of esters is 1. The van der Waals surface area contributed by atoms with E-state index in [0.717, 1.165) is 12.0 Å². The molecule has 0 N–H and O–H groups in total. The molecule has 33 heavy (non-hydrogen) atoms. The summed E-state index contributed by atoms with van der Waals surface area (Å²) in [5.74, 6) is 1.10. The second kappa shape index (κ2) is 12.8. The molecule has 1 aromatic carbocycles. The van der Waals surface area contributed by atoms with Gasteiger partial charge in [-0.1, -0.05) is 33.8 Å². The van der Waals surface area contributed by atoms with Crippen molar-refractivity contribution in [2.45, 2.75) is 65.5 Å². The summed E-state index contributed by atoms with van der Waals surface area (Å²) < 4.78 is 21.8. The van der Waals surface area contributed by atoms with Gasteiger partial charge in [0.05, 0.1) is 19.6 Å². The summed E-state index contributed by atoms with van der Waals surface area (Å²) in [6.07, 6.45) is 1.52. The number of nitrogens with zero attached hydrogens (tertiary/aromatic N) is 1. The molecule has 0 radical (unpaired) electrons. The molecule has 4 atom stereocenters. The summed E-state index contributed by atoms with van der Waals surface area (Å²) >= 11 is 0. The van der Waals surface area contributed by atoms with Crippen molar-refractivity contribution in [2.24, 2.45) is 23.7 Å². The summed E-state index contributed by atoms with van der Waals surface area (Å²) in [6.45, 7) is 9.17. The Hall–Kier alpha value is -2.35. The van der Waals surface area contributed by atoms with Crippen LogP contribution in [0.15, 0.2) is 18.2 Å². The maximum Gasteiger partial charge on any atom is 0.309 e. The molecule has 1 heterocycles. The number of rotatable bonds is 14. The highest BCUT2D eigenvalue weighted by Gasteiger charge is 2.46. The minimum atomic E-state index is -0.909. The quantitative estimate of drug-likeness (QED) is 0.172. The Labute approximate surface area is 197 Å². The summed E-state index contributed by atoms with van der Waals surface area (Å²) in [4.78, 5) is 23.9. The standard InChI is InChI=1S/C25H39NO7/c1-16(2)19(14-21(26(28)29)23-15-20(17(3)4)25(27)33-23)12-18-8-9-22(31-6)24(13-18)32-11-7-10-30-5/h8-9,13,16-17,19-21,23H,7,10-12,14-15H2,1-6H3/t19-,20-,21?,23?/m0/s1. The van der Waals surface area contributed by atoms with E-state index in [4.69, 9.17) is 18.9 Å². The Morgan fingerprint density at radius 2 is 1.88 bits per heavy atom. The van der Waals surface area contributed by atoms with Crippen LogP contribution in [-0.2, 0) is 20.7 Å². The lowest BCUT2D eigenvalue weighted by Gasteiger charge is -2.25. The van der Waals surface area contributed by atoms with Gasteiger partial charge in [0.1, 0.15) is 0 Å². The van der Waals surface area contributed by atoms with Gasteiger partial charge in [-0.3, -0.25) is 14.9 Å². The van der Waals surface area contributed by atoms with Crippen molar-refractivity contribution < 1.29 is 28.7 Å². The van der Waals surface area contributed by atoms with E-state index in [-0.39, 0.29) is 34.6 Å². The van der Waals surface area contributed by atoms with Crippen LogP contribution in [0.2, 0.25) is 0 Å². The second-order valence-electron chi connectivity index (χ2n) is 9.54. The van der Waals surface area contributed by atoms with Crippen molar-refractivity contribution in [3.05, 3.63) is 33.9 Å². The van der Waals surface area contributed by atoms with Gasteiger partial charge in [0.15, 0.2) is 17.6 Å². The number of hydrogen-bond donors (Lipinski definition) is 0. The monoisotopic (exact) mass is 465 g/mol. The first-order valence-corrected chi connectivity index (χ1v) is 11.8. The Morgan fingerprint density at radius 1 is 1.15 bits per heavy atom. The smallest absolute Gasteiger partial charge is 0.309 e. The molecule has 0 saturated carbocycles. The lowest BCUT2D eigenvalue weighted by atomic mass is 9.81. The van der Waals surface area contributed by atoms with Crippen LogP contribution in [0, 0.1) is 33.8 Å². The molecular formula is C25H39NO7. The van der Waals surface area contributed by atoms with Gasteiger partial charge < -0.3 is 18.9 Å². The molecule has 2 rings (SSSR count). The summed E-state index contributed by atoms with van der Waals surface area (Å²) in [7, 11) is 3.25. The molecule has 1 aliphatic rings. The first-order valence-electron chi connectivity index (χ1n) is 11.8. The van der Waals surface area contributed by atoms with E-state index < -0.39 is 12.1 Å². The van der Waals surface area contributed by atoms with E-state index in [1.807, 2.05) is 32.0 Å². The van der Waals surface area contributed by atoms with Crippen LogP contribution in [0.1, 0.15) is 52.5 Å². The van der Waals surface area contributed by atoms with Crippen LogP contribution < -0.4 is 9.47 Å². The van der Waals surface area contributed by atoms with Crippen LogP contribution in [-0.4, -0.2) is 50.5 Å². The molecule has 1 saturated heterocycles. The van der Waals surface area contributed by atoms with E-state index in [1.165, 1.54) is 0 Å². The normalized spacial score (nSPS) is 20.1. The molecule has 1 aromatic rings. The van der Waals surface area contributed by atoms with Gasteiger partial charge in [-0.25, -0.2) is 0 Å². The minimum absolute atomic E-state index is 0.0481. The fourth-order valence-electron chi connectivity index (χ4n) is 4.34. The van der Waals surface area contributed by atoms with Gasteiger partial charge in [0.2, 0.25) is 6.04 Å². The van der Waals surface area contributed by atoms with Gasteiger partial charge >= 0.3 is 5.97 Å². The van der Waals surface area contributed by atoms with Crippen molar-refractivity contribution in [1.82, 2.24) is 0 Å². The van der Waals surface area contributed by atoms with E-state index in [2.05, 4.69) is 13.8 Å². The van der Waals surface area contributed by atoms with Crippen LogP contribution in [0.4, 0.5) is 0 Å². The fourth-order valence-corrected chi connectivity index (χ4v) is 4.34. The topological polar surface area (TPSA) is 97.1 Å². The predicted molar refractivity (Wildman–Crippen MR) is 125 cm³/mol. The van der Waals surface area contributed by atoms with Gasteiger partial charge in [-0.2, -0.15) is 0 Å². The molecule has 0 aromatic heterocycles. The molecule has 186 valence electrons. The van der Waals surface area contributed by atoms with E-state index in [0.29, 0.717) is 44.0 Å². The van der Waals surface area contributed by atoms with E-state index in [9.17, 15) is 14.9 Å². The highest BCUT2D eigenvalue weighted by molar-refractivity contribution is 5.75. The first kappa shape index (κ1) is 26.9.